The molecule has 18 heavy (non-hydrogen) atoms. The van der Waals surface area contributed by atoms with Crippen LogP contribution in [0, 0.1) is 0 Å². The molecule has 1 aromatic rings. The standard InChI is InChI=1S/C11H14N2O5/c1-11(2,3)18-10(17)13-8-7(14)4-6(5-12-8)9(15)16/h4-5,14H,1-3H3,(H,15,16)(H,12,13,17). The van der Waals surface area contributed by atoms with Crippen molar-refractivity contribution in [3.05, 3.63) is 17.8 Å². The molecule has 7 heteroatoms. The maximum Gasteiger partial charge on any atom is 0.413 e. The molecule has 0 aliphatic heterocycles. The summed E-state index contributed by atoms with van der Waals surface area (Å²) in [7, 11) is 0. The molecule has 0 saturated heterocycles. The summed E-state index contributed by atoms with van der Waals surface area (Å²) < 4.78 is 4.96. The number of hydrogen-bond acceptors (Lipinski definition) is 5. The van der Waals surface area contributed by atoms with Crippen molar-refractivity contribution in [2.75, 3.05) is 5.32 Å². The zero-order chi connectivity index (χ0) is 13.9. The number of rotatable bonds is 2. The molecule has 3 N–H and O–H groups in total. The van der Waals surface area contributed by atoms with Gasteiger partial charge in [-0.3, -0.25) is 5.32 Å². The molecule has 1 rings (SSSR count). The predicted molar refractivity (Wildman–Crippen MR) is 62.7 cm³/mol. The molecular weight excluding hydrogens is 240 g/mol. The molecule has 0 spiro atoms. The van der Waals surface area contributed by atoms with Crippen molar-refractivity contribution in [2.45, 2.75) is 26.4 Å². The second-order valence-electron chi connectivity index (χ2n) is 4.52. The number of carboxylic acid groups (broad SMARTS) is 1. The van der Waals surface area contributed by atoms with E-state index in [4.69, 9.17) is 9.84 Å². The number of carbonyl (C=O) groups excluding carboxylic acids is 1. The second kappa shape index (κ2) is 4.91. The van der Waals surface area contributed by atoms with Gasteiger partial charge in [0, 0.05) is 6.20 Å². The third kappa shape index (κ3) is 3.93. The van der Waals surface area contributed by atoms with Crippen molar-refractivity contribution >= 4 is 17.9 Å². The number of ether oxygens (including phenoxy) is 1. The fourth-order valence-corrected chi connectivity index (χ4v) is 1.07. The van der Waals surface area contributed by atoms with Crippen molar-refractivity contribution < 1.29 is 24.5 Å². The van der Waals surface area contributed by atoms with Crippen LogP contribution < -0.4 is 5.32 Å². The lowest BCUT2D eigenvalue weighted by Gasteiger charge is -2.19. The maximum atomic E-state index is 11.4. The number of aromatic nitrogens is 1. The minimum atomic E-state index is -1.22. The smallest absolute Gasteiger partial charge is 0.413 e. The highest BCUT2D eigenvalue weighted by Gasteiger charge is 2.18. The lowest BCUT2D eigenvalue weighted by Crippen LogP contribution is -2.27. The van der Waals surface area contributed by atoms with Crippen LogP contribution in [-0.2, 0) is 4.74 Å². The number of aromatic carboxylic acids is 1. The van der Waals surface area contributed by atoms with Crippen LogP contribution >= 0.6 is 0 Å². The topological polar surface area (TPSA) is 109 Å². The SMILES string of the molecule is CC(C)(C)OC(=O)Nc1ncc(C(=O)O)cc1O. The van der Waals surface area contributed by atoms with Crippen LogP contribution in [0.15, 0.2) is 12.3 Å². The van der Waals surface area contributed by atoms with Gasteiger partial charge in [0.15, 0.2) is 11.6 Å². The van der Waals surface area contributed by atoms with E-state index in [1.54, 1.807) is 20.8 Å². The van der Waals surface area contributed by atoms with Gasteiger partial charge in [-0.2, -0.15) is 0 Å². The first-order valence-corrected chi connectivity index (χ1v) is 5.11. The Balaban J connectivity index is 2.80. The first-order chi connectivity index (χ1) is 8.19. The van der Waals surface area contributed by atoms with E-state index >= 15 is 0 Å². The van der Waals surface area contributed by atoms with Gasteiger partial charge < -0.3 is 14.9 Å². The van der Waals surface area contributed by atoms with E-state index in [-0.39, 0.29) is 11.4 Å². The molecule has 1 aromatic heterocycles. The Labute approximate surface area is 103 Å². The molecular formula is C11H14N2O5. The average molecular weight is 254 g/mol. The Bertz CT molecular complexity index is 479. The number of anilines is 1. The monoisotopic (exact) mass is 254 g/mol. The van der Waals surface area contributed by atoms with Crippen LogP contribution in [0.25, 0.3) is 0 Å². The molecule has 0 unspecified atom stereocenters. The first kappa shape index (κ1) is 13.8. The minimum absolute atomic E-state index is 0.158. The number of carboxylic acids is 1. The van der Waals surface area contributed by atoms with E-state index in [1.165, 1.54) is 0 Å². The van der Waals surface area contributed by atoms with Crippen molar-refractivity contribution in [2.24, 2.45) is 0 Å². The number of amides is 1. The largest absolute Gasteiger partial charge is 0.504 e. The van der Waals surface area contributed by atoms with Gasteiger partial charge in [-0.1, -0.05) is 0 Å². The van der Waals surface area contributed by atoms with Crippen molar-refractivity contribution in [3.8, 4) is 5.75 Å². The van der Waals surface area contributed by atoms with Gasteiger partial charge in [-0.15, -0.1) is 0 Å². The third-order valence-electron chi connectivity index (χ3n) is 1.73. The summed E-state index contributed by atoms with van der Waals surface area (Å²) in [6.45, 7) is 5.06. The van der Waals surface area contributed by atoms with E-state index in [1.807, 2.05) is 0 Å². The minimum Gasteiger partial charge on any atom is -0.504 e. The fourth-order valence-electron chi connectivity index (χ4n) is 1.07. The molecule has 7 nitrogen and oxygen atoms in total. The van der Waals surface area contributed by atoms with Gasteiger partial charge in [0.1, 0.15) is 5.60 Å². The molecule has 0 aliphatic carbocycles. The highest BCUT2D eigenvalue weighted by molar-refractivity contribution is 5.90. The van der Waals surface area contributed by atoms with Crippen molar-refractivity contribution in [1.82, 2.24) is 4.98 Å². The van der Waals surface area contributed by atoms with E-state index in [9.17, 15) is 14.7 Å². The van der Waals surface area contributed by atoms with Crippen LogP contribution in [0.3, 0.4) is 0 Å². The number of nitrogens with zero attached hydrogens (tertiary/aromatic N) is 1. The Morgan fingerprint density at radius 3 is 2.44 bits per heavy atom. The second-order valence-corrected chi connectivity index (χ2v) is 4.52. The zero-order valence-corrected chi connectivity index (χ0v) is 10.2. The third-order valence-corrected chi connectivity index (χ3v) is 1.73. The molecule has 0 atom stereocenters. The molecule has 0 radical (unpaired) electrons. The molecule has 98 valence electrons. The highest BCUT2D eigenvalue weighted by atomic mass is 16.6. The molecule has 0 aliphatic rings. The van der Waals surface area contributed by atoms with Crippen LogP contribution in [0.1, 0.15) is 31.1 Å². The molecule has 0 fully saturated rings. The van der Waals surface area contributed by atoms with Crippen molar-refractivity contribution in [3.63, 3.8) is 0 Å². The van der Waals surface area contributed by atoms with E-state index in [2.05, 4.69) is 10.3 Å². The Hall–Kier alpha value is -2.31. The van der Waals surface area contributed by atoms with Gasteiger partial charge >= 0.3 is 12.1 Å². The lowest BCUT2D eigenvalue weighted by molar-refractivity contribution is 0.0633. The first-order valence-electron chi connectivity index (χ1n) is 5.11. The van der Waals surface area contributed by atoms with Crippen LogP contribution in [0.2, 0.25) is 0 Å². The van der Waals surface area contributed by atoms with E-state index in [0.717, 1.165) is 12.3 Å². The Morgan fingerprint density at radius 2 is 2.00 bits per heavy atom. The van der Waals surface area contributed by atoms with Gasteiger partial charge in [0.25, 0.3) is 0 Å². The quantitative estimate of drug-likeness (QED) is 0.742. The predicted octanol–water partition coefficient (Wildman–Crippen LogP) is 1.83. The summed E-state index contributed by atoms with van der Waals surface area (Å²) in [6, 6.07) is 0.988. The van der Waals surface area contributed by atoms with Gasteiger partial charge in [-0.25, -0.2) is 14.6 Å². The molecule has 0 saturated carbocycles. The molecule has 1 amide bonds. The Kier molecular flexibility index (Phi) is 3.75. The summed E-state index contributed by atoms with van der Waals surface area (Å²) in [5.41, 5.74) is -0.858. The van der Waals surface area contributed by atoms with E-state index in [0.29, 0.717) is 0 Å². The molecule has 1 heterocycles. The molecule has 0 aromatic carbocycles. The maximum absolute atomic E-state index is 11.4. The zero-order valence-electron chi connectivity index (χ0n) is 10.2. The summed E-state index contributed by atoms with van der Waals surface area (Å²) in [4.78, 5) is 25.6. The Morgan fingerprint density at radius 1 is 1.39 bits per heavy atom. The fraction of sp³-hybridized carbons (Fsp3) is 0.364. The summed E-state index contributed by atoms with van der Waals surface area (Å²) in [5.74, 6) is -1.82. The normalized spacial score (nSPS) is 10.8. The summed E-state index contributed by atoms with van der Waals surface area (Å²) in [5, 5.41) is 20.4. The number of hydrogen-bond donors (Lipinski definition) is 3. The van der Waals surface area contributed by atoms with Gasteiger partial charge in [0.05, 0.1) is 5.56 Å². The number of carbonyl (C=O) groups is 2. The number of aromatic hydroxyl groups is 1. The van der Waals surface area contributed by atoms with Crippen LogP contribution in [-0.4, -0.2) is 32.9 Å². The van der Waals surface area contributed by atoms with Crippen LogP contribution in [0.5, 0.6) is 5.75 Å². The molecule has 0 bridgehead atoms. The van der Waals surface area contributed by atoms with Crippen molar-refractivity contribution in [1.29, 1.82) is 0 Å². The lowest BCUT2D eigenvalue weighted by atomic mass is 10.2. The van der Waals surface area contributed by atoms with Crippen LogP contribution in [0.4, 0.5) is 10.6 Å². The average Bonchev–Trinajstić information content (AvgIpc) is 2.17. The van der Waals surface area contributed by atoms with E-state index < -0.39 is 23.4 Å². The van der Waals surface area contributed by atoms with Gasteiger partial charge in [-0.05, 0) is 26.8 Å². The number of nitrogens with one attached hydrogen (secondary N) is 1. The summed E-state index contributed by atoms with van der Waals surface area (Å²) >= 11 is 0. The van der Waals surface area contributed by atoms with Gasteiger partial charge in [0.2, 0.25) is 0 Å². The summed E-state index contributed by atoms with van der Waals surface area (Å²) in [6.07, 6.45) is 0.239. The highest BCUT2D eigenvalue weighted by Crippen LogP contribution is 2.21. The number of pyridine rings is 1.